The number of thiophene rings is 6. The molecule has 0 spiro atoms. The van der Waals surface area contributed by atoms with Gasteiger partial charge in [0, 0.05) is 100 Å². The number of carbonyl (C=O) groups excluding carboxylic acids is 6. The summed E-state index contributed by atoms with van der Waals surface area (Å²) in [6.07, 6.45) is -12.5. The van der Waals surface area contributed by atoms with Gasteiger partial charge in [-0.1, -0.05) is 49.6 Å². The summed E-state index contributed by atoms with van der Waals surface area (Å²) in [5.41, 5.74) is -1.68. The molecule has 18 rings (SSSR count). The first-order valence-corrected chi connectivity index (χ1v) is 50.8. The standard InChI is InChI=1S/C18H15F4N3OS.C17H13F4N3OS.C17H20F3N3OS.C16H13F3N4OS.C16H19F3N4OS.C14H14F3N3OS/c1-25-16(18(20,21)22)10-13(24-25)14-6-7-15(27-14)17(26)23-9-8-11-4-2-3-5-12(11)19;1-24-15(17(19,20)21)8-12(23-24)13-6-7-14(26-13)16(25)22-9-10-2-4-11(18)5-3-10;1-23-15(17(18,19)20)9-12(22-23)13-7-8-14(25-13)16(24)21-10-11-5-3-2-4-6-11;1-23-14(16(17,18)19)8-11(22-23)12-2-3-13(25-12)15(24)21-9-10-4-6-20-7-5-10;1-22-14(16(17,18)19)10-11(21-22)12-4-5-13(25-12)15(24)20-6-9-23-7-2-3-8-23;1-20-12(14(15,16)17)6-9(19-20)10-4-5-11(22-10)13(21)18-7-8-2-3-8/h2-7,10H,8-9H2,1H3,(H,23,26);2-8H,9H2,1H3,(H,22,25);7-9,11H,2-6,10H2,1H3,(H,21,24);2-8H,9H2,1H3,(H,21,24);4-5,10H,2-3,6-9H2,1H3,(H,20,24);4-6,8H,2-3,7H2,1H3,(H,18,21). The van der Waals surface area contributed by atoms with Crippen LogP contribution in [0, 0.1) is 23.5 Å². The Labute approximate surface area is 867 Å². The van der Waals surface area contributed by atoms with E-state index >= 15 is 0 Å². The molecule has 1 saturated heterocycles. The van der Waals surface area contributed by atoms with E-state index in [9.17, 15) is 117 Å². The third-order valence-electron chi connectivity index (χ3n) is 23.2. The number of alkyl halides is 18. The lowest BCUT2D eigenvalue weighted by atomic mass is 9.89. The Kier molecular flexibility index (Phi) is 37.5. The molecule has 0 unspecified atom stereocenters. The highest BCUT2D eigenvalue weighted by molar-refractivity contribution is 7.19. The van der Waals surface area contributed by atoms with Gasteiger partial charge >= 0.3 is 37.1 Å². The smallest absolute Gasteiger partial charge is 0.351 e. The fourth-order valence-corrected chi connectivity index (χ4v) is 20.5. The molecule has 6 N–H and O–H groups in total. The Balaban J connectivity index is 0.000000150. The number of likely N-dealkylation sites (tertiary alicyclic amines) is 1. The number of amides is 6. The lowest BCUT2D eigenvalue weighted by molar-refractivity contribution is -0.144. The zero-order valence-electron chi connectivity index (χ0n) is 80.1. The van der Waals surface area contributed by atoms with E-state index in [2.05, 4.69) is 72.4 Å². The van der Waals surface area contributed by atoms with Gasteiger partial charge < -0.3 is 36.8 Å². The fraction of sp³-hybridized carbons (Fsp3) is 0.337. The molecule has 2 saturated carbocycles. The summed E-state index contributed by atoms with van der Waals surface area (Å²) >= 11 is 6.63. The van der Waals surface area contributed by atoms with Gasteiger partial charge in [-0.25, -0.2) is 8.78 Å². The van der Waals surface area contributed by atoms with Gasteiger partial charge in [0.2, 0.25) is 0 Å². The van der Waals surface area contributed by atoms with Gasteiger partial charge in [-0.15, -0.1) is 68.0 Å². The normalized spacial score (nSPS) is 13.5. The minimum Gasteiger partial charge on any atom is -0.351 e. The van der Waals surface area contributed by atoms with Crippen molar-refractivity contribution in [2.75, 3.05) is 45.8 Å². The number of nitrogens with zero attached hydrogens (tertiary/aromatic N) is 14. The molecule has 2 aromatic carbocycles. The van der Waals surface area contributed by atoms with Gasteiger partial charge in [0.1, 0.15) is 80.0 Å². The highest BCUT2D eigenvalue weighted by atomic mass is 32.1. The summed E-state index contributed by atoms with van der Waals surface area (Å²) in [6.45, 7) is 5.65. The molecule has 150 heavy (non-hydrogen) atoms. The number of nitrogens with one attached hydrogen (secondary N) is 6. The van der Waals surface area contributed by atoms with Crippen LogP contribution in [-0.4, -0.2) is 150 Å². The molecule has 14 heterocycles. The predicted molar refractivity (Wildman–Crippen MR) is 527 cm³/mol. The van der Waals surface area contributed by atoms with Crippen molar-refractivity contribution in [1.29, 1.82) is 0 Å². The van der Waals surface area contributed by atoms with Crippen LogP contribution in [0.3, 0.4) is 0 Å². The summed E-state index contributed by atoms with van der Waals surface area (Å²) in [7, 11) is 7.45. The lowest BCUT2D eigenvalue weighted by Gasteiger charge is -2.21. The molecular formula is C98H94F20N20O6S6. The molecule has 1 aliphatic heterocycles. The van der Waals surface area contributed by atoms with E-state index in [-0.39, 0.29) is 94.3 Å². The summed E-state index contributed by atoms with van der Waals surface area (Å²) in [4.78, 5) is 84.7. The number of hydrogen-bond acceptors (Lipinski definition) is 20. The zero-order chi connectivity index (χ0) is 108. The summed E-state index contributed by atoms with van der Waals surface area (Å²) in [5.74, 6) is -1.17. The highest BCUT2D eigenvalue weighted by Gasteiger charge is 2.41. The largest absolute Gasteiger partial charge is 0.433 e. The molecule has 52 heteroatoms. The number of benzene rings is 2. The van der Waals surface area contributed by atoms with Crippen LogP contribution in [0.4, 0.5) is 87.8 Å². The third kappa shape index (κ3) is 31.5. The quantitative estimate of drug-likeness (QED) is 0.0275. The SMILES string of the molecule is Cn1nc(-c2ccc(C(=O)NCC3CC3)s2)cc1C(F)(F)F.Cn1nc(-c2ccc(C(=O)NCC3CCCCC3)s2)cc1C(F)(F)F.Cn1nc(-c2ccc(C(=O)NCCN3CCCC3)s2)cc1C(F)(F)F.Cn1nc(-c2ccc(C(=O)NCCc3ccccc3F)s2)cc1C(F)(F)F.Cn1nc(-c2ccc(C(=O)NCc3ccc(F)cc3)s2)cc1C(F)(F)F.Cn1nc(-c2ccc(C(=O)NCc3ccncc3)s2)cc1C(F)(F)F. The van der Waals surface area contributed by atoms with Gasteiger partial charge in [0.05, 0.1) is 58.5 Å². The fourth-order valence-electron chi connectivity index (χ4n) is 15.2. The second-order valence-corrected chi connectivity index (χ2v) is 40.8. The van der Waals surface area contributed by atoms with Crippen molar-refractivity contribution in [1.82, 2.24) is 100 Å². The number of pyridine rings is 1. The van der Waals surface area contributed by atoms with Crippen LogP contribution in [0.2, 0.25) is 0 Å². The number of aryl methyl sites for hydroxylation is 6. The Hall–Kier alpha value is -13.6. The van der Waals surface area contributed by atoms with Crippen LogP contribution >= 0.6 is 68.0 Å². The third-order valence-corrected chi connectivity index (χ3v) is 29.8. The van der Waals surface area contributed by atoms with Crippen molar-refractivity contribution in [3.05, 3.63) is 274 Å². The monoisotopic (exact) mass is 2220 g/mol. The van der Waals surface area contributed by atoms with Crippen LogP contribution in [-0.2, 0) is 98.9 Å². The van der Waals surface area contributed by atoms with Crippen molar-refractivity contribution in [2.45, 2.75) is 114 Å². The van der Waals surface area contributed by atoms with E-state index in [4.69, 9.17) is 0 Å². The molecule has 0 bridgehead atoms. The van der Waals surface area contributed by atoms with Crippen LogP contribution in [0.25, 0.3) is 63.4 Å². The number of aromatic nitrogens is 13. The maximum absolute atomic E-state index is 13.5. The van der Waals surface area contributed by atoms with Crippen LogP contribution in [0.15, 0.2) is 182 Å². The Bertz CT molecular complexity index is 7110. The van der Waals surface area contributed by atoms with E-state index in [1.807, 2.05) is 0 Å². The van der Waals surface area contributed by atoms with Crippen molar-refractivity contribution in [3.63, 3.8) is 0 Å². The van der Waals surface area contributed by atoms with Crippen LogP contribution in [0.1, 0.15) is 167 Å². The minimum atomic E-state index is -4.50. The van der Waals surface area contributed by atoms with Crippen LogP contribution in [0.5, 0.6) is 0 Å². The molecule has 0 atom stereocenters. The molecule has 26 nitrogen and oxygen atoms in total. The van der Waals surface area contributed by atoms with Crippen LogP contribution < -0.4 is 31.9 Å². The summed E-state index contributed by atoms with van der Waals surface area (Å²) in [6, 6.07) is 40.6. The Morgan fingerprint density at radius 1 is 0.313 bits per heavy atom. The molecule has 0 radical (unpaired) electrons. The molecule has 3 fully saturated rings. The average Bonchev–Trinajstić information content (AvgIpc) is 1.68. The maximum Gasteiger partial charge on any atom is 0.433 e. The lowest BCUT2D eigenvalue weighted by Crippen LogP contribution is -2.33. The van der Waals surface area contributed by atoms with E-state index in [0.717, 1.165) is 189 Å². The van der Waals surface area contributed by atoms with E-state index in [1.165, 1.54) is 105 Å². The van der Waals surface area contributed by atoms with Gasteiger partial charge in [0.25, 0.3) is 35.4 Å². The van der Waals surface area contributed by atoms with E-state index < -0.39 is 71.2 Å². The number of rotatable bonds is 26. The summed E-state index contributed by atoms with van der Waals surface area (Å²) in [5, 5.41) is 40.1. The van der Waals surface area contributed by atoms with Crippen molar-refractivity contribution in [3.8, 4) is 63.4 Å². The van der Waals surface area contributed by atoms with Gasteiger partial charge in [-0.3, -0.25) is 61.8 Å². The Morgan fingerprint density at radius 3 is 0.873 bits per heavy atom. The molecule has 13 aromatic heterocycles. The Morgan fingerprint density at radius 2 is 0.587 bits per heavy atom. The summed E-state index contributed by atoms with van der Waals surface area (Å²) < 4.78 is 262. The van der Waals surface area contributed by atoms with Gasteiger partial charge in [-0.05, 0) is 226 Å². The number of hydrogen-bond donors (Lipinski definition) is 6. The maximum atomic E-state index is 13.5. The average molecular weight is 2220 g/mol. The molecule has 798 valence electrons. The van der Waals surface area contributed by atoms with Crippen molar-refractivity contribution < 1.29 is 117 Å². The zero-order valence-corrected chi connectivity index (χ0v) is 85.0. The second kappa shape index (κ2) is 49.5. The number of halogens is 20. The molecule has 6 amide bonds. The molecule has 3 aliphatic rings. The first-order valence-electron chi connectivity index (χ1n) is 45.9. The van der Waals surface area contributed by atoms with Crippen molar-refractivity contribution in [2.24, 2.45) is 54.1 Å². The predicted octanol–water partition coefficient (Wildman–Crippen LogP) is 22.8. The highest BCUT2D eigenvalue weighted by Crippen LogP contribution is 2.43. The topological polar surface area (TPSA) is 298 Å². The first-order chi connectivity index (χ1) is 70.9. The first kappa shape index (κ1) is 114. The number of carbonyl (C=O) groups is 6. The van der Waals surface area contributed by atoms with E-state index in [1.54, 1.807) is 116 Å². The molecule has 15 aromatic rings. The second-order valence-electron chi connectivity index (χ2n) is 34.3. The van der Waals surface area contributed by atoms with Gasteiger partial charge in [-0.2, -0.15) is 110 Å². The molecule has 2 aliphatic carbocycles. The molecular weight excluding hydrogens is 2130 g/mol. The minimum absolute atomic E-state index is 0.153. The van der Waals surface area contributed by atoms with E-state index in [0.29, 0.717) is 109 Å². The van der Waals surface area contributed by atoms with Gasteiger partial charge in [0.15, 0.2) is 0 Å². The van der Waals surface area contributed by atoms with Crippen molar-refractivity contribution >= 4 is 103 Å².